The fourth-order valence-corrected chi connectivity index (χ4v) is 7.07. The second kappa shape index (κ2) is 10.7. The number of fused-ring (bicyclic) bond motifs is 3. The monoisotopic (exact) mass is 656 g/mol. The lowest BCUT2D eigenvalue weighted by molar-refractivity contribution is 0.0601. The number of thiazole rings is 1. The van der Waals surface area contributed by atoms with Crippen molar-refractivity contribution in [2.24, 2.45) is 4.99 Å². The van der Waals surface area contributed by atoms with Gasteiger partial charge >= 0.3 is 5.97 Å². The zero-order valence-electron chi connectivity index (χ0n) is 22.3. The zero-order chi connectivity index (χ0) is 29.0. The molecule has 42 heavy (non-hydrogen) atoms. The third kappa shape index (κ3) is 4.60. The number of ether oxygens (including phenoxy) is 1. The predicted molar refractivity (Wildman–Crippen MR) is 167 cm³/mol. The highest BCUT2D eigenvalue weighted by atomic mass is 79.9. The summed E-state index contributed by atoms with van der Waals surface area (Å²) in [4.78, 5) is 31.8. The predicted octanol–water partition coefficient (Wildman–Crippen LogP) is 6.78. The number of allylic oxidation sites excluding steroid dienone is 1. The number of rotatable bonds is 4. The van der Waals surface area contributed by atoms with Gasteiger partial charge in [0, 0.05) is 21.7 Å². The Morgan fingerprint density at radius 2 is 1.90 bits per heavy atom. The second-order valence-electron chi connectivity index (χ2n) is 10.1. The summed E-state index contributed by atoms with van der Waals surface area (Å²) in [7, 11) is 1.31. The number of aromatic nitrogens is 1. The molecule has 208 valence electrons. The summed E-state index contributed by atoms with van der Waals surface area (Å²) in [5, 5.41) is 0.295. The van der Waals surface area contributed by atoms with Crippen LogP contribution in [-0.4, -0.2) is 17.6 Å². The van der Waals surface area contributed by atoms with Gasteiger partial charge in [0.25, 0.3) is 5.56 Å². The van der Waals surface area contributed by atoms with E-state index in [4.69, 9.17) is 25.7 Å². The van der Waals surface area contributed by atoms with Gasteiger partial charge in [0.2, 0.25) is 0 Å². The number of aryl methyl sites for hydroxylation is 1. The number of hydrogen-bond donors (Lipinski definition) is 0. The van der Waals surface area contributed by atoms with Crippen molar-refractivity contribution < 1.29 is 13.9 Å². The average Bonchev–Trinajstić information content (AvgIpc) is 3.60. The number of methoxy groups -OCH3 is 1. The van der Waals surface area contributed by atoms with E-state index >= 15 is 0 Å². The largest absolute Gasteiger partial charge is 0.465 e. The standard InChI is InChI=1S/C33H22BrClN2O4S/c1-40-32(39)25-16-20(9-14-26(25)35)27-15-12-22(41-27)17-28-31(38)37-30(19-6-10-21(34)11-7-19)24-13-8-18-4-2-3-5-23(18)29(24)36-33(37)42-28/h2-7,9-12,14-17,30H,8,13H2,1H3/b28-17+/t30-/m1/s1. The minimum absolute atomic E-state index is 0.116. The SMILES string of the molecule is COC(=O)c1cc(-c2ccc(/C=c3/sc4n(c3=O)[C@H](c3ccc(Br)cc3)C3=C(N=4)c4ccccc4CC3)o2)ccc1Cl. The van der Waals surface area contributed by atoms with Crippen LogP contribution >= 0.6 is 38.9 Å². The van der Waals surface area contributed by atoms with Gasteiger partial charge in [0.05, 0.1) is 34.0 Å². The highest BCUT2D eigenvalue weighted by molar-refractivity contribution is 9.10. The van der Waals surface area contributed by atoms with E-state index in [1.165, 1.54) is 24.0 Å². The normalized spacial score (nSPS) is 16.0. The number of furan rings is 1. The molecule has 1 aliphatic heterocycles. The molecule has 2 aromatic heterocycles. The van der Waals surface area contributed by atoms with E-state index in [0.29, 0.717) is 31.4 Å². The van der Waals surface area contributed by atoms with Crippen LogP contribution in [0.4, 0.5) is 0 Å². The van der Waals surface area contributed by atoms with Crippen molar-refractivity contribution in [3.63, 3.8) is 0 Å². The van der Waals surface area contributed by atoms with Crippen molar-refractivity contribution in [1.82, 2.24) is 4.57 Å². The quantitative estimate of drug-likeness (QED) is 0.200. The minimum Gasteiger partial charge on any atom is -0.465 e. The summed E-state index contributed by atoms with van der Waals surface area (Å²) in [6, 6.07) is 24.9. The maximum absolute atomic E-state index is 14.0. The van der Waals surface area contributed by atoms with Crippen LogP contribution in [0.5, 0.6) is 0 Å². The van der Waals surface area contributed by atoms with Crippen LogP contribution < -0.4 is 14.9 Å². The smallest absolute Gasteiger partial charge is 0.339 e. The first kappa shape index (κ1) is 26.9. The van der Waals surface area contributed by atoms with Crippen molar-refractivity contribution >= 4 is 56.6 Å². The van der Waals surface area contributed by atoms with Crippen LogP contribution in [0.3, 0.4) is 0 Å². The van der Waals surface area contributed by atoms with E-state index in [2.05, 4.69) is 46.3 Å². The first-order valence-electron chi connectivity index (χ1n) is 13.3. The van der Waals surface area contributed by atoms with Crippen LogP contribution in [0.1, 0.15) is 45.3 Å². The molecular formula is C33H22BrClN2O4S. The maximum Gasteiger partial charge on any atom is 0.339 e. The molecule has 0 amide bonds. The van der Waals surface area contributed by atoms with Gasteiger partial charge in [0.15, 0.2) is 4.80 Å². The Labute approximate surface area is 258 Å². The van der Waals surface area contributed by atoms with Gasteiger partial charge in [-0.25, -0.2) is 9.79 Å². The van der Waals surface area contributed by atoms with E-state index < -0.39 is 5.97 Å². The third-order valence-corrected chi connectivity index (χ3v) is 9.46. The number of carbonyl (C=O) groups is 1. The fourth-order valence-electron chi connectivity index (χ4n) is 5.63. The minimum atomic E-state index is -0.527. The lowest BCUT2D eigenvalue weighted by Crippen LogP contribution is -2.38. The Morgan fingerprint density at radius 3 is 2.71 bits per heavy atom. The first-order valence-corrected chi connectivity index (χ1v) is 15.3. The molecule has 9 heteroatoms. The fraction of sp³-hybridized carbons (Fsp3) is 0.121. The summed E-state index contributed by atoms with van der Waals surface area (Å²) in [6.45, 7) is 0. The van der Waals surface area contributed by atoms with Gasteiger partial charge in [-0.3, -0.25) is 9.36 Å². The molecule has 2 aliphatic rings. The van der Waals surface area contributed by atoms with Gasteiger partial charge in [0.1, 0.15) is 11.5 Å². The molecule has 0 spiro atoms. The van der Waals surface area contributed by atoms with Gasteiger partial charge in [-0.2, -0.15) is 0 Å². The lowest BCUT2D eigenvalue weighted by atomic mass is 9.83. The maximum atomic E-state index is 14.0. The number of benzene rings is 3. The number of halogens is 2. The summed E-state index contributed by atoms with van der Waals surface area (Å²) in [5.74, 6) is 0.523. The van der Waals surface area contributed by atoms with E-state index in [1.54, 1.807) is 36.4 Å². The molecule has 6 nitrogen and oxygen atoms in total. The number of nitrogens with zero attached hydrogens (tertiary/aromatic N) is 2. The molecule has 1 atom stereocenters. The Kier molecular flexibility index (Phi) is 6.85. The Balaban J connectivity index is 1.35. The molecule has 5 aromatic rings. The zero-order valence-corrected chi connectivity index (χ0v) is 25.4. The molecule has 3 heterocycles. The molecule has 0 radical (unpaired) electrons. The van der Waals surface area contributed by atoms with Gasteiger partial charge in [-0.15, -0.1) is 0 Å². The molecule has 0 bridgehead atoms. The Hall–Kier alpha value is -3.98. The van der Waals surface area contributed by atoms with Crippen LogP contribution in [-0.2, 0) is 11.2 Å². The van der Waals surface area contributed by atoms with Crippen LogP contribution in [0.2, 0.25) is 5.02 Å². The van der Waals surface area contributed by atoms with E-state index in [1.807, 2.05) is 22.8 Å². The lowest BCUT2D eigenvalue weighted by Gasteiger charge is -2.30. The molecule has 0 N–H and O–H groups in total. The third-order valence-electron chi connectivity index (χ3n) is 7.62. The van der Waals surface area contributed by atoms with E-state index in [-0.39, 0.29) is 17.2 Å². The molecule has 3 aromatic carbocycles. The second-order valence-corrected chi connectivity index (χ2v) is 12.4. The van der Waals surface area contributed by atoms with Crippen LogP contribution in [0.25, 0.3) is 23.1 Å². The van der Waals surface area contributed by atoms with Crippen molar-refractivity contribution in [1.29, 1.82) is 0 Å². The molecule has 0 saturated heterocycles. The number of carbonyl (C=O) groups excluding carboxylic acids is 1. The Morgan fingerprint density at radius 1 is 1.10 bits per heavy atom. The molecule has 1 aliphatic carbocycles. The summed E-state index contributed by atoms with van der Waals surface area (Å²) in [5.41, 5.74) is 6.36. The van der Waals surface area contributed by atoms with E-state index in [0.717, 1.165) is 39.7 Å². The Bertz CT molecular complexity index is 2110. The molecular weight excluding hydrogens is 636 g/mol. The topological polar surface area (TPSA) is 73.8 Å². The molecule has 7 rings (SSSR count). The van der Waals surface area contributed by atoms with Crippen molar-refractivity contribution in [2.45, 2.75) is 18.9 Å². The number of esters is 1. The average molecular weight is 658 g/mol. The summed E-state index contributed by atoms with van der Waals surface area (Å²) in [6.07, 6.45) is 3.48. The first-order chi connectivity index (χ1) is 20.4. The molecule has 0 saturated carbocycles. The van der Waals surface area contributed by atoms with E-state index in [9.17, 15) is 9.59 Å². The summed E-state index contributed by atoms with van der Waals surface area (Å²) < 4.78 is 14.3. The van der Waals surface area contributed by atoms with Gasteiger partial charge in [-0.1, -0.05) is 75.3 Å². The highest BCUT2D eigenvalue weighted by Gasteiger charge is 2.32. The van der Waals surface area contributed by atoms with Crippen molar-refractivity contribution in [3.8, 4) is 11.3 Å². The van der Waals surface area contributed by atoms with Crippen LogP contribution in [0.15, 0.2) is 103 Å². The van der Waals surface area contributed by atoms with Gasteiger partial charge in [-0.05, 0) is 72.0 Å². The highest BCUT2D eigenvalue weighted by Crippen LogP contribution is 2.41. The van der Waals surface area contributed by atoms with Gasteiger partial charge < -0.3 is 9.15 Å². The van der Waals surface area contributed by atoms with Crippen molar-refractivity contribution in [3.05, 3.63) is 142 Å². The summed E-state index contributed by atoms with van der Waals surface area (Å²) >= 11 is 11.1. The number of hydrogen-bond acceptors (Lipinski definition) is 6. The van der Waals surface area contributed by atoms with Crippen LogP contribution in [0, 0.1) is 0 Å². The van der Waals surface area contributed by atoms with Crippen molar-refractivity contribution in [2.75, 3.05) is 7.11 Å². The molecule has 0 fully saturated rings. The molecule has 0 unspecified atom stereocenters.